The molecule has 0 bridgehead atoms. The molecular weight excluding hydrogens is 324 g/mol. The van der Waals surface area contributed by atoms with E-state index in [4.69, 9.17) is 10.00 Å². The van der Waals surface area contributed by atoms with Gasteiger partial charge in [0.25, 0.3) is 0 Å². The standard InChI is InChI=1S/C18H14N2O3S/c1-18(2,17(21)22)23-14-8-7-13-16(24-10-20-13)15(14)12-5-3-11(9-19)4-6-12/h3-8,10H,1-2H3,(H,21,22). The van der Waals surface area contributed by atoms with Crippen molar-refractivity contribution in [1.29, 1.82) is 5.26 Å². The van der Waals surface area contributed by atoms with E-state index in [0.29, 0.717) is 11.3 Å². The minimum Gasteiger partial charge on any atom is -0.478 e. The molecule has 1 N–H and O–H groups in total. The Morgan fingerprint density at radius 2 is 1.96 bits per heavy atom. The lowest BCUT2D eigenvalue weighted by Gasteiger charge is -2.23. The maximum Gasteiger partial charge on any atom is 0.347 e. The summed E-state index contributed by atoms with van der Waals surface area (Å²) < 4.78 is 6.71. The van der Waals surface area contributed by atoms with Crippen LogP contribution in [-0.4, -0.2) is 21.7 Å². The zero-order valence-electron chi connectivity index (χ0n) is 13.1. The van der Waals surface area contributed by atoms with E-state index in [1.165, 1.54) is 25.2 Å². The lowest BCUT2D eigenvalue weighted by Crippen LogP contribution is -2.38. The quantitative estimate of drug-likeness (QED) is 0.775. The monoisotopic (exact) mass is 338 g/mol. The molecule has 0 aliphatic heterocycles. The highest BCUT2D eigenvalue weighted by molar-refractivity contribution is 7.17. The second-order valence-electron chi connectivity index (χ2n) is 5.75. The van der Waals surface area contributed by atoms with Gasteiger partial charge in [0.1, 0.15) is 5.75 Å². The van der Waals surface area contributed by atoms with Crippen molar-refractivity contribution in [3.8, 4) is 22.9 Å². The number of thiazole rings is 1. The predicted octanol–water partition coefficient (Wildman–Crippen LogP) is 4.08. The van der Waals surface area contributed by atoms with E-state index < -0.39 is 11.6 Å². The van der Waals surface area contributed by atoms with E-state index in [0.717, 1.165) is 21.3 Å². The molecule has 0 saturated heterocycles. The highest BCUT2D eigenvalue weighted by Crippen LogP contribution is 2.40. The van der Waals surface area contributed by atoms with Crippen LogP contribution >= 0.6 is 11.3 Å². The van der Waals surface area contributed by atoms with Gasteiger partial charge in [-0.2, -0.15) is 5.26 Å². The van der Waals surface area contributed by atoms with Gasteiger partial charge in [-0.25, -0.2) is 9.78 Å². The van der Waals surface area contributed by atoms with Gasteiger partial charge in [-0.1, -0.05) is 12.1 Å². The summed E-state index contributed by atoms with van der Waals surface area (Å²) in [5.74, 6) is -0.568. The number of ether oxygens (including phenoxy) is 1. The number of benzene rings is 2. The zero-order valence-corrected chi connectivity index (χ0v) is 13.9. The summed E-state index contributed by atoms with van der Waals surface area (Å²) in [5, 5.41) is 18.3. The van der Waals surface area contributed by atoms with Crippen LogP contribution in [0.2, 0.25) is 0 Å². The van der Waals surface area contributed by atoms with Crippen molar-refractivity contribution in [2.24, 2.45) is 0 Å². The van der Waals surface area contributed by atoms with Gasteiger partial charge in [0, 0.05) is 5.56 Å². The van der Waals surface area contributed by atoms with E-state index >= 15 is 0 Å². The van der Waals surface area contributed by atoms with Crippen LogP contribution in [0, 0.1) is 11.3 Å². The molecule has 0 unspecified atom stereocenters. The van der Waals surface area contributed by atoms with Crippen LogP contribution in [-0.2, 0) is 4.79 Å². The molecule has 3 rings (SSSR count). The van der Waals surface area contributed by atoms with Crippen molar-refractivity contribution in [3.63, 3.8) is 0 Å². The molecule has 120 valence electrons. The van der Waals surface area contributed by atoms with E-state index in [-0.39, 0.29) is 0 Å². The first-order valence-electron chi connectivity index (χ1n) is 7.21. The van der Waals surface area contributed by atoms with E-state index in [9.17, 15) is 9.90 Å². The third kappa shape index (κ3) is 2.82. The molecule has 5 nitrogen and oxygen atoms in total. The SMILES string of the molecule is CC(C)(Oc1ccc2ncsc2c1-c1ccc(C#N)cc1)C(=O)O. The molecule has 0 aliphatic rings. The molecule has 0 radical (unpaired) electrons. The number of carbonyl (C=O) groups is 1. The fourth-order valence-corrected chi connectivity index (χ4v) is 3.15. The van der Waals surface area contributed by atoms with Gasteiger partial charge in [-0.3, -0.25) is 0 Å². The minimum absolute atomic E-state index is 0.476. The van der Waals surface area contributed by atoms with Gasteiger partial charge in [0.15, 0.2) is 5.60 Å². The Balaban J connectivity index is 2.19. The van der Waals surface area contributed by atoms with Gasteiger partial charge in [-0.15, -0.1) is 11.3 Å². The average Bonchev–Trinajstić information content (AvgIpc) is 3.03. The number of rotatable bonds is 4. The van der Waals surface area contributed by atoms with Crippen molar-refractivity contribution < 1.29 is 14.6 Å². The van der Waals surface area contributed by atoms with Gasteiger partial charge < -0.3 is 9.84 Å². The summed E-state index contributed by atoms with van der Waals surface area (Å²) >= 11 is 1.46. The molecule has 0 saturated carbocycles. The fourth-order valence-electron chi connectivity index (χ4n) is 2.30. The summed E-state index contributed by atoms with van der Waals surface area (Å²) in [7, 11) is 0. The largest absolute Gasteiger partial charge is 0.478 e. The lowest BCUT2D eigenvalue weighted by atomic mass is 10.0. The molecule has 24 heavy (non-hydrogen) atoms. The summed E-state index contributed by atoms with van der Waals surface area (Å²) in [5.41, 5.74) is 3.39. The molecule has 0 atom stereocenters. The molecule has 2 aromatic carbocycles. The first-order valence-corrected chi connectivity index (χ1v) is 8.09. The molecule has 0 spiro atoms. The average molecular weight is 338 g/mol. The predicted molar refractivity (Wildman–Crippen MR) is 92.1 cm³/mol. The Hall–Kier alpha value is -2.91. The Kier molecular flexibility index (Phi) is 3.96. The Morgan fingerprint density at radius 3 is 2.58 bits per heavy atom. The van der Waals surface area contributed by atoms with Gasteiger partial charge in [-0.05, 0) is 43.7 Å². The molecule has 0 fully saturated rings. The van der Waals surface area contributed by atoms with Crippen LogP contribution in [0.5, 0.6) is 5.75 Å². The van der Waals surface area contributed by atoms with Crippen molar-refractivity contribution in [1.82, 2.24) is 4.98 Å². The lowest BCUT2D eigenvalue weighted by molar-refractivity contribution is -0.152. The topological polar surface area (TPSA) is 83.2 Å². The Morgan fingerprint density at radius 1 is 1.25 bits per heavy atom. The normalized spacial score (nSPS) is 11.2. The van der Waals surface area contributed by atoms with Crippen LogP contribution in [0.15, 0.2) is 41.9 Å². The number of carboxylic acid groups (broad SMARTS) is 1. The molecule has 1 heterocycles. The molecule has 3 aromatic rings. The van der Waals surface area contributed by atoms with Crippen LogP contribution in [0.3, 0.4) is 0 Å². The molecule has 0 amide bonds. The number of aromatic nitrogens is 1. The fraction of sp³-hybridized carbons (Fsp3) is 0.167. The van der Waals surface area contributed by atoms with Crippen molar-refractivity contribution in [2.75, 3.05) is 0 Å². The molecule has 6 heteroatoms. The van der Waals surface area contributed by atoms with Gasteiger partial charge >= 0.3 is 5.97 Å². The number of nitriles is 1. The Bertz CT molecular complexity index is 953. The second-order valence-corrected chi connectivity index (χ2v) is 6.60. The maximum atomic E-state index is 11.4. The van der Waals surface area contributed by atoms with E-state index in [1.54, 1.807) is 23.7 Å². The maximum absolute atomic E-state index is 11.4. The van der Waals surface area contributed by atoms with Gasteiger partial charge in [0.05, 0.1) is 27.4 Å². The third-order valence-corrected chi connectivity index (χ3v) is 4.50. The van der Waals surface area contributed by atoms with Crippen molar-refractivity contribution in [2.45, 2.75) is 19.4 Å². The molecular formula is C18H14N2O3S. The summed E-state index contributed by atoms with van der Waals surface area (Å²) in [6, 6.07) is 12.7. The highest BCUT2D eigenvalue weighted by atomic mass is 32.1. The number of aliphatic carboxylic acids is 1. The van der Waals surface area contributed by atoms with Gasteiger partial charge in [0.2, 0.25) is 0 Å². The first-order chi connectivity index (χ1) is 11.4. The number of hydrogen-bond acceptors (Lipinski definition) is 5. The summed E-state index contributed by atoms with van der Waals surface area (Å²) in [4.78, 5) is 15.7. The van der Waals surface area contributed by atoms with E-state index in [1.807, 2.05) is 18.2 Å². The van der Waals surface area contributed by atoms with Crippen LogP contribution < -0.4 is 4.74 Å². The first kappa shape index (κ1) is 16.0. The Labute approximate surface area is 142 Å². The van der Waals surface area contributed by atoms with Crippen LogP contribution in [0.4, 0.5) is 0 Å². The number of carboxylic acids is 1. The number of nitrogens with zero attached hydrogens (tertiary/aromatic N) is 2. The summed E-state index contributed by atoms with van der Waals surface area (Å²) in [6.45, 7) is 3.02. The zero-order chi connectivity index (χ0) is 17.3. The van der Waals surface area contributed by atoms with E-state index in [2.05, 4.69) is 11.1 Å². The smallest absolute Gasteiger partial charge is 0.347 e. The highest BCUT2D eigenvalue weighted by Gasteiger charge is 2.31. The third-order valence-electron chi connectivity index (χ3n) is 3.64. The van der Waals surface area contributed by atoms with Crippen molar-refractivity contribution in [3.05, 3.63) is 47.5 Å². The minimum atomic E-state index is -1.36. The molecule has 1 aromatic heterocycles. The van der Waals surface area contributed by atoms with Crippen LogP contribution in [0.1, 0.15) is 19.4 Å². The van der Waals surface area contributed by atoms with Crippen molar-refractivity contribution >= 4 is 27.5 Å². The van der Waals surface area contributed by atoms with Crippen LogP contribution in [0.25, 0.3) is 21.3 Å². The molecule has 0 aliphatic carbocycles. The summed E-state index contributed by atoms with van der Waals surface area (Å²) in [6.07, 6.45) is 0. The number of hydrogen-bond donors (Lipinski definition) is 1. The second kappa shape index (κ2) is 5.95. The number of fused-ring (bicyclic) bond motifs is 1.